The fraction of sp³-hybridized carbons (Fsp3) is 0.333. The van der Waals surface area contributed by atoms with Gasteiger partial charge in [-0.3, -0.25) is 9.78 Å². The molecule has 0 aliphatic carbocycles. The zero-order chi connectivity index (χ0) is 17.4. The van der Waals surface area contributed by atoms with E-state index in [4.69, 9.17) is 0 Å². The van der Waals surface area contributed by atoms with Crippen LogP contribution < -0.4 is 0 Å². The van der Waals surface area contributed by atoms with Crippen molar-refractivity contribution in [2.24, 2.45) is 0 Å². The lowest BCUT2D eigenvalue weighted by molar-refractivity contribution is 0.0649. The van der Waals surface area contributed by atoms with E-state index in [1.807, 2.05) is 20.8 Å². The number of carbonyl (C=O) groups excluding carboxylic acids is 1. The van der Waals surface area contributed by atoms with Crippen molar-refractivity contribution in [3.63, 3.8) is 0 Å². The van der Waals surface area contributed by atoms with Crippen LogP contribution in [0.25, 0.3) is 11.1 Å². The summed E-state index contributed by atoms with van der Waals surface area (Å²) in [5.41, 5.74) is 1.16. The Labute approximate surface area is 135 Å². The van der Waals surface area contributed by atoms with Gasteiger partial charge in [-0.2, -0.15) is 0 Å². The molecule has 0 aliphatic rings. The van der Waals surface area contributed by atoms with Gasteiger partial charge in [0.2, 0.25) is 0 Å². The topological polar surface area (TPSA) is 33.2 Å². The molecule has 1 aromatic carbocycles. The minimum Gasteiger partial charge on any atom is -0.336 e. The van der Waals surface area contributed by atoms with Crippen LogP contribution in [0, 0.1) is 18.6 Å². The van der Waals surface area contributed by atoms with E-state index in [0.717, 1.165) is 18.2 Å². The molecule has 0 saturated heterocycles. The predicted molar refractivity (Wildman–Crippen MR) is 86.2 cm³/mol. The van der Waals surface area contributed by atoms with Gasteiger partial charge in [0.25, 0.3) is 5.91 Å². The van der Waals surface area contributed by atoms with Crippen molar-refractivity contribution in [1.82, 2.24) is 9.88 Å². The second-order valence-electron chi connectivity index (χ2n) is 6.55. The lowest BCUT2D eigenvalue weighted by atomic mass is 10.0. The van der Waals surface area contributed by atoms with E-state index in [1.54, 1.807) is 24.9 Å². The second-order valence-corrected chi connectivity index (χ2v) is 6.55. The standard InChI is InChI=1S/C18H20F2N2O/c1-11-8-12(14-9-13(19)6-7-15(14)20)10-21-16(11)17(23)22(5)18(2,3)4/h6-10H,1-5H3. The fourth-order valence-corrected chi connectivity index (χ4v) is 2.13. The van der Waals surface area contributed by atoms with Crippen LogP contribution in [0.1, 0.15) is 36.8 Å². The van der Waals surface area contributed by atoms with Crippen LogP contribution >= 0.6 is 0 Å². The van der Waals surface area contributed by atoms with Gasteiger partial charge < -0.3 is 4.90 Å². The zero-order valence-corrected chi connectivity index (χ0v) is 13.9. The number of hydrogen-bond donors (Lipinski definition) is 0. The van der Waals surface area contributed by atoms with Gasteiger partial charge in [0.1, 0.15) is 17.3 Å². The van der Waals surface area contributed by atoms with Crippen molar-refractivity contribution >= 4 is 5.91 Å². The molecule has 1 aromatic heterocycles. The Kier molecular flexibility index (Phi) is 4.50. The van der Waals surface area contributed by atoms with Gasteiger partial charge >= 0.3 is 0 Å². The molecule has 5 heteroatoms. The molecule has 2 aromatic rings. The normalized spacial score (nSPS) is 11.4. The van der Waals surface area contributed by atoms with Crippen molar-refractivity contribution in [1.29, 1.82) is 0 Å². The molecule has 0 atom stereocenters. The minimum absolute atomic E-state index is 0.128. The molecule has 0 aliphatic heterocycles. The summed E-state index contributed by atoms with van der Waals surface area (Å²) in [6.45, 7) is 7.52. The first-order valence-corrected chi connectivity index (χ1v) is 7.31. The smallest absolute Gasteiger partial charge is 0.272 e. The molecule has 3 nitrogen and oxygen atoms in total. The molecule has 0 bridgehead atoms. The largest absolute Gasteiger partial charge is 0.336 e. The molecule has 0 N–H and O–H groups in total. The van der Waals surface area contributed by atoms with E-state index < -0.39 is 11.6 Å². The average Bonchev–Trinajstić information content (AvgIpc) is 2.47. The first-order valence-electron chi connectivity index (χ1n) is 7.31. The SMILES string of the molecule is Cc1cc(-c2cc(F)ccc2F)cnc1C(=O)N(C)C(C)(C)C. The first kappa shape index (κ1) is 17.1. The average molecular weight is 318 g/mol. The summed E-state index contributed by atoms with van der Waals surface area (Å²) in [5, 5.41) is 0. The van der Waals surface area contributed by atoms with Gasteiger partial charge in [0.05, 0.1) is 0 Å². The maximum atomic E-state index is 13.9. The van der Waals surface area contributed by atoms with E-state index in [-0.39, 0.29) is 17.0 Å². The zero-order valence-electron chi connectivity index (χ0n) is 13.9. The van der Waals surface area contributed by atoms with Crippen molar-refractivity contribution in [3.8, 4) is 11.1 Å². The number of carbonyl (C=O) groups is 1. The van der Waals surface area contributed by atoms with Crippen molar-refractivity contribution in [3.05, 3.63) is 53.4 Å². The highest BCUT2D eigenvalue weighted by Crippen LogP contribution is 2.25. The summed E-state index contributed by atoms with van der Waals surface area (Å²) in [6.07, 6.45) is 1.40. The summed E-state index contributed by atoms with van der Waals surface area (Å²) in [7, 11) is 1.71. The Balaban J connectivity index is 2.42. The summed E-state index contributed by atoms with van der Waals surface area (Å²) >= 11 is 0. The minimum atomic E-state index is -0.529. The number of nitrogens with zero attached hydrogens (tertiary/aromatic N) is 2. The van der Waals surface area contributed by atoms with Gasteiger partial charge in [0.15, 0.2) is 0 Å². The molecule has 0 fully saturated rings. The highest BCUT2D eigenvalue weighted by atomic mass is 19.1. The Morgan fingerprint density at radius 3 is 2.39 bits per heavy atom. The first-order chi connectivity index (χ1) is 10.6. The molecule has 0 radical (unpaired) electrons. The number of halogens is 2. The van der Waals surface area contributed by atoms with Crippen LogP contribution in [0.2, 0.25) is 0 Å². The number of hydrogen-bond acceptors (Lipinski definition) is 2. The Morgan fingerprint density at radius 1 is 1.17 bits per heavy atom. The van der Waals surface area contributed by atoms with E-state index in [9.17, 15) is 13.6 Å². The number of benzene rings is 1. The van der Waals surface area contributed by atoms with Gasteiger partial charge in [-0.05, 0) is 57.5 Å². The maximum absolute atomic E-state index is 13.9. The molecule has 1 amide bonds. The van der Waals surface area contributed by atoms with E-state index in [2.05, 4.69) is 4.98 Å². The third-order valence-corrected chi connectivity index (χ3v) is 3.83. The Bertz CT molecular complexity index is 751. The molecule has 122 valence electrons. The highest BCUT2D eigenvalue weighted by molar-refractivity contribution is 5.94. The maximum Gasteiger partial charge on any atom is 0.272 e. The van der Waals surface area contributed by atoms with Crippen molar-refractivity contribution in [2.75, 3.05) is 7.05 Å². The van der Waals surface area contributed by atoms with Gasteiger partial charge in [-0.25, -0.2) is 8.78 Å². The second kappa shape index (κ2) is 6.07. The molecule has 1 heterocycles. The van der Waals surface area contributed by atoms with Crippen LogP contribution in [0.15, 0.2) is 30.5 Å². The number of aryl methyl sites for hydroxylation is 1. The van der Waals surface area contributed by atoms with Crippen LogP contribution in [0.3, 0.4) is 0 Å². The number of pyridine rings is 1. The third kappa shape index (κ3) is 3.55. The third-order valence-electron chi connectivity index (χ3n) is 3.83. The lowest BCUT2D eigenvalue weighted by Gasteiger charge is -2.32. The summed E-state index contributed by atoms with van der Waals surface area (Å²) < 4.78 is 27.2. The van der Waals surface area contributed by atoms with Gasteiger partial charge in [0, 0.05) is 29.9 Å². The molecule has 0 unspecified atom stereocenters. The Hall–Kier alpha value is -2.30. The van der Waals surface area contributed by atoms with Gasteiger partial charge in [-0.15, -0.1) is 0 Å². The number of rotatable bonds is 2. The van der Waals surface area contributed by atoms with E-state index >= 15 is 0 Å². The number of amides is 1. The monoisotopic (exact) mass is 318 g/mol. The summed E-state index contributed by atoms with van der Waals surface area (Å²) in [4.78, 5) is 18.3. The van der Waals surface area contributed by atoms with Crippen LogP contribution in [-0.2, 0) is 0 Å². The predicted octanol–water partition coefficient (Wildman–Crippen LogP) is 4.21. The van der Waals surface area contributed by atoms with Crippen molar-refractivity contribution < 1.29 is 13.6 Å². The molecule has 2 rings (SSSR count). The van der Waals surface area contributed by atoms with Crippen LogP contribution in [-0.4, -0.2) is 28.4 Å². The fourth-order valence-electron chi connectivity index (χ4n) is 2.13. The quantitative estimate of drug-likeness (QED) is 0.831. The van der Waals surface area contributed by atoms with E-state index in [0.29, 0.717) is 16.8 Å². The highest BCUT2D eigenvalue weighted by Gasteiger charge is 2.25. The molecular formula is C18H20F2N2O. The summed E-state index contributed by atoms with van der Waals surface area (Å²) in [5.74, 6) is -1.26. The van der Waals surface area contributed by atoms with Crippen LogP contribution in [0.4, 0.5) is 8.78 Å². The van der Waals surface area contributed by atoms with E-state index in [1.165, 1.54) is 6.20 Å². The molecular weight excluding hydrogens is 298 g/mol. The lowest BCUT2D eigenvalue weighted by Crippen LogP contribution is -2.43. The number of aromatic nitrogens is 1. The molecule has 0 saturated carbocycles. The molecule has 0 spiro atoms. The van der Waals surface area contributed by atoms with Crippen molar-refractivity contribution in [2.45, 2.75) is 33.2 Å². The summed E-state index contributed by atoms with van der Waals surface area (Å²) in [6, 6.07) is 4.91. The van der Waals surface area contributed by atoms with Gasteiger partial charge in [-0.1, -0.05) is 0 Å². The van der Waals surface area contributed by atoms with Crippen LogP contribution in [0.5, 0.6) is 0 Å². The molecule has 23 heavy (non-hydrogen) atoms. The Morgan fingerprint density at radius 2 is 1.83 bits per heavy atom.